The van der Waals surface area contributed by atoms with Crippen molar-refractivity contribution in [2.45, 2.75) is 13.0 Å². The monoisotopic (exact) mass is 205 g/mol. The van der Waals surface area contributed by atoms with Crippen molar-refractivity contribution in [2.75, 3.05) is 12.4 Å². The average molecular weight is 205 g/mol. The van der Waals surface area contributed by atoms with Crippen molar-refractivity contribution in [1.82, 2.24) is 4.98 Å². The van der Waals surface area contributed by atoms with Crippen LogP contribution in [0.3, 0.4) is 0 Å². The Labute approximate surface area is 87.7 Å². The third kappa shape index (κ3) is 2.95. The van der Waals surface area contributed by atoms with Crippen molar-refractivity contribution in [1.29, 1.82) is 5.26 Å². The van der Waals surface area contributed by atoms with Gasteiger partial charge in [-0.25, -0.2) is 9.78 Å². The Hall–Kier alpha value is -2.09. The molecule has 1 unspecified atom stereocenters. The van der Waals surface area contributed by atoms with E-state index in [2.05, 4.69) is 15.0 Å². The molecule has 0 fully saturated rings. The smallest absolute Gasteiger partial charge is 0.327 e. The van der Waals surface area contributed by atoms with E-state index < -0.39 is 6.04 Å². The van der Waals surface area contributed by atoms with Crippen LogP contribution in [-0.2, 0) is 9.53 Å². The minimum absolute atomic E-state index is 0.339. The highest BCUT2D eigenvalue weighted by Gasteiger charge is 2.12. The topological polar surface area (TPSA) is 75.0 Å². The summed E-state index contributed by atoms with van der Waals surface area (Å²) in [4.78, 5) is 14.9. The highest BCUT2D eigenvalue weighted by Crippen LogP contribution is 2.07. The molecule has 78 valence electrons. The number of hydrogen-bond acceptors (Lipinski definition) is 5. The summed E-state index contributed by atoms with van der Waals surface area (Å²) in [6.45, 7) is 1.68. The van der Waals surface area contributed by atoms with Crippen LogP contribution in [0.2, 0.25) is 0 Å². The highest BCUT2D eigenvalue weighted by atomic mass is 16.5. The molecular formula is C10H11N3O2. The predicted molar refractivity (Wildman–Crippen MR) is 54.1 cm³/mol. The summed E-state index contributed by atoms with van der Waals surface area (Å²) in [6.07, 6.45) is 1.50. The lowest BCUT2D eigenvalue weighted by molar-refractivity contribution is -0.141. The summed E-state index contributed by atoms with van der Waals surface area (Å²) in [5.74, 6) is -0.348. The van der Waals surface area contributed by atoms with E-state index in [1.165, 1.54) is 13.3 Å². The third-order valence-corrected chi connectivity index (χ3v) is 1.82. The first-order valence-corrected chi connectivity index (χ1v) is 4.38. The maximum atomic E-state index is 11.1. The Balaban J connectivity index is 2.66. The SMILES string of the molecule is COC(=O)C(C)Nc1ccc(C#N)nc1. The van der Waals surface area contributed by atoms with Gasteiger partial charge in [-0.05, 0) is 19.1 Å². The van der Waals surface area contributed by atoms with Crippen molar-refractivity contribution in [3.63, 3.8) is 0 Å². The number of rotatable bonds is 3. The number of anilines is 1. The van der Waals surface area contributed by atoms with Gasteiger partial charge in [0.2, 0.25) is 0 Å². The molecule has 1 heterocycles. The average Bonchev–Trinajstić information content (AvgIpc) is 2.29. The normalized spacial score (nSPS) is 11.3. The fourth-order valence-corrected chi connectivity index (χ4v) is 1.03. The minimum Gasteiger partial charge on any atom is -0.467 e. The van der Waals surface area contributed by atoms with Gasteiger partial charge in [-0.3, -0.25) is 0 Å². The van der Waals surface area contributed by atoms with E-state index in [1.807, 2.05) is 6.07 Å². The fraction of sp³-hybridized carbons (Fsp3) is 0.300. The van der Waals surface area contributed by atoms with Gasteiger partial charge in [0.05, 0.1) is 19.0 Å². The van der Waals surface area contributed by atoms with Gasteiger partial charge in [0.15, 0.2) is 0 Å². The summed E-state index contributed by atoms with van der Waals surface area (Å²) < 4.78 is 4.55. The number of nitrogens with one attached hydrogen (secondary N) is 1. The second kappa shape index (κ2) is 4.96. The summed E-state index contributed by atoms with van der Waals surface area (Å²) in [6, 6.07) is 4.73. The van der Waals surface area contributed by atoms with Crippen molar-refractivity contribution < 1.29 is 9.53 Å². The summed E-state index contributed by atoms with van der Waals surface area (Å²) in [5.41, 5.74) is 1.01. The molecule has 1 rings (SSSR count). The van der Waals surface area contributed by atoms with E-state index in [0.717, 1.165) is 0 Å². The van der Waals surface area contributed by atoms with Crippen LogP contribution in [-0.4, -0.2) is 24.1 Å². The van der Waals surface area contributed by atoms with Gasteiger partial charge in [0.25, 0.3) is 0 Å². The number of nitriles is 1. The van der Waals surface area contributed by atoms with E-state index in [0.29, 0.717) is 11.4 Å². The first-order valence-electron chi connectivity index (χ1n) is 4.38. The molecule has 0 bridgehead atoms. The van der Waals surface area contributed by atoms with Gasteiger partial charge < -0.3 is 10.1 Å². The van der Waals surface area contributed by atoms with Crippen LogP contribution in [0.25, 0.3) is 0 Å². The fourth-order valence-electron chi connectivity index (χ4n) is 1.03. The first-order chi connectivity index (χ1) is 7.17. The lowest BCUT2D eigenvalue weighted by atomic mass is 10.3. The Morgan fingerprint density at radius 1 is 1.67 bits per heavy atom. The summed E-state index contributed by atoms with van der Waals surface area (Å²) in [5, 5.41) is 11.4. The maximum absolute atomic E-state index is 11.1. The number of carbonyl (C=O) groups is 1. The second-order valence-electron chi connectivity index (χ2n) is 2.93. The maximum Gasteiger partial charge on any atom is 0.327 e. The zero-order valence-electron chi connectivity index (χ0n) is 8.52. The number of ether oxygens (including phenoxy) is 1. The molecule has 0 aliphatic carbocycles. The van der Waals surface area contributed by atoms with E-state index in [4.69, 9.17) is 5.26 Å². The number of aromatic nitrogens is 1. The van der Waals surface area contributed by atoms with Gasteiger partial charge in [-0.2, -0.15) is 5.26 Å². The lowest BCUT2D eigenvalue weighted by Gasteiger charge is -2.11. The molecule has 0 saturated heterocycles. The van der Waals surface area contributed by atoms with E-state index in [1.54, 1.807) is 19.1 Å². The summed E-state index contributed by atoms with van der Waals surface area (Å²) >= 11 is 0. The number of pyridine rings is 1. The minimum atomic E-state index is -0.440. The zero-order valence-corrected chi connectivity index (χ0v) is 8.52. The van der Waals surface area contributed by atoms with E-state index >= 15 is 0 Å². The molecule has 0 radical (unpaired) electrons. The molecule has 1 aromatic rings. The van der Waals surface area contributed by atoms with Crippen LogP contribution in [0, 0.1) is 11.3 Å². The number of nitrogens with zero attached hydrogens (tertiary/aromatic N) is 2. The Kier molecular flexibility index (Phi) is 3.63. The van der Waals surface area contributed by atoms with E-state index in [9.17, 15) is 4.79 Å². The molecule has 1 atom stereocenters. The molecule has 1 aromatic heterocycles. The molecule has 0 spiro atoms. The molecule has 15 heavy (non-hydrogen) atoms. The Bertz CT molecular complexity index is 381. The molecule has 0 aliphatic heterocycles. The van der Waals surface area contributed by atoms with Gasteiger partial charge in [0.1, 0.15) is 17.8 Å². The molecule has 0 amide bonds. The van der Waals surface area contributed by atoms with Gasteiger partial charge in [-0.1, -0.05) is 0 Å². The predicted octanol–water partition coefficient (Wildman–Crippen LogP) is 0.927. The van der Waals surface area contributed by atoms with Crippen molar-refractivity contribution in [3.05, 3.63) is 24.0 Å². The van der Waals surface area contributed by atoms with Gasteiger partial charge in [-0.15, -0.1) is 0 Å². The van der Waals surface area contributed by atoms with Crippen molar-refractivity contribution >= 4 is 11.7 Å². The Morgan fingerprint density at radius 2 is 2.40 bits per heavy atom. The molecular weight excluding hydrogens is 194 g/mol. The van der Waals surface area contributed by atoms with Crippen LogP contribution in [0.4, 0.5) is 5.69 Å². The van der Waals surface area contributed by atoms with Crippen LogP contribution in [0.5, 0.6) is 0 Å². The van der Waals surface area contributed by atoms with Gasteiger partial charge in [0, 0.05) is 0 Å². The molecule has 0 aromatic carbocycles. The zero-order chi connectivity index (χ0) is 11.3. The van der Waals surface area contributed by atoms with Crippen LogP contribution in [0.1, 0.15) is 12.6 Å². The largest absolute Gasteiger partial charge is 0.467 e. The highest BCUT2D eigenvalue weighted by molar-refractivity contribution is 5.78. The lowest BCUT2D eigenvalue weighted by Crippen LogP contribution is -2.27. The molecule has 5 heteroatoms. The molecule has 5 nitrogen and oxygen atoms in total. The standard InChI is InChI=1S/C10H11N3O2/c1-7(10(14)15-2)13-9-4-3-8(5-11)12-6-9/h3-4,6-7,13H,1-2H3. The van der Waals surface area contributed by atoms with Crippen LogP contribution < -0.4 is 5.32 Å². The number of esters is 1. The summed E-state index contributed by atoms with van der Waals surface area (Å²) in [7, 11) is 1.33. The molecule has 0 saturated carbocycles. The van der Waals surface area contributed by atoms with Crippen LogP contribution >= 0.6 is 0 Å². The van der Waals surface area contributed by atoms with Crippen molar-refractivity contribution in [3.8, 4) is 6.07 Å². The molecule has 0 aliphatic rings. The Morgan fingerprint density at radius 3 is 2.87 bits per heavy atom. The number of methoxy groups -OCH3 is 1. The number of hydrogen-bond donors (Lipinski definition) is 1. The number of carbonyl (C=O) groups excluding carboxylic acids is 1. The van der Waals surface area contributed by atoms with E-state index in [-0.39, 0.29) is 5.97 Å². The second-order valence-corrected chi connectivity index (χ2v) is 2.93. The van der Waals surface area contributed by atoms with Crippen molar-refractivity contribution in [2.24, 2.45) is 0 Å². The van der Waals surface area contributed by atoms with Gasteiger partial charge >= 0.3 is 5.97 Å². The first kappa shape index (κ1) is 11.0. The quantitative estimate of drug-likeness (QED) is 0.743. The van der Waals surface area contributed by atoms with Crippen LogP contribution in [0.15, 0.2) is 18.3 Å². The third-order valence-electron chi connectivity index (χ3n) is 1.82. The molecule has 1 N–H and O–H groups in total.